The van der Waals surface area contributed by atoms with Crippen LogP contribution in [-0.2, 0) is 23.2 Å². The highest BCUT2D eigenvalue weighted by Crippen LogP contribution is 2.46. The standard InChI is InChI=1S/C21H20N2O/c1-13-7-8-18-16(11-13)15-9-10-23-19(24)12-14-5-3-4-6-17(14)21(23,2)20(15)22-18/h3-8,11,22H,9-10,12H2,1-2H3. The number of aryl methyl sites for hydroxylation is 1. The zero-order valence-corrected chi connectivity index (χ0v) is 14.0. The summed E-state index contributed by atoms with van der Waals surface area (Å²) in [6.45, 7) is 5.12. The molecular formula is C21H20N2O. The predicted octanol–water partition coefficient (Wildman–Crippen LogP) is 3.68. The summed E-state index contributed by atoms with van der Waals surface area (Å²) in [7, 11) is 0. The molecule has 0 saturated carbocycles. The summed E-state index contributed by atoms with van der Waals surface area (Å²) in [5.41, 5.74) is 7.03. The Morgan fingerprint density at radius 1 is 1.17 bits per heavy atom. The third kappa shape index (κ3) is 1.59. The lowest BCUT2D eigenvalue weighted by Gasteiger charge is -2.48. The Labute approximate surface area is 141 Å². The molecule has 24 heavy (non-hydrogen) atoms. The molecule has 0 spiro atoms. The summed E-state index contributed by atoms with van der Waals surface area (Å²) in [4.78, 5) is 18.5. The second kappa shape index (κ2) is 4.50. The van der Waals surface area contributed by atoms with Gasteiger partial charge < -0.3 is 9.88 Å². The van der Waals surface area contributed by atoms with Crippen LogP contribution in [-0.4, -0.2) is 22.3 Å². The van der Waals surface area contributed by atoms with Gasteiger partial charge in [0.05, 0.1) is 6.42 Å². The van der Waals surface area contributed by atoms with Crippen LogP contribution in [0.1, 0.15) is 34.9 Å². The number of fused-ring (bicyclic) bond motifs is 7. The van der Waals surface area contributed by atoms with Gasteiger partial charge in [-0.15, -0.1) is 0 Å². The average Bonchev–Trinajstić information content (AvgIpc) is 2.94. The van der Waals surface area contributed by atoms with Gasteiger partial charge >= 0.3 is 0 Å². The Kier molecular flexibility index (Phi) is 2.60. The van der Waals surface area contributed by atoms with Crippen molar-refractivity contribution in [2.24, 2.45) is 0 Å². The molecule has 0 bridgehead atoms. The Morgan fingerprint density at radius 2 is 2.00 bits per heavy atom. The van der Waals surface area contributed by atoms with Gasteiger partial charge in [-0.25, -0.2) is 0 Å². The topological polar surface area (TPSA) is 36.1 Å². The maximum absolute atomic E-state index is 12.8. The Hall–Kier alpha value is -2.55. The first kappa shape index (κ1) is 13.8. The molecule has 2 aromatic carbocycles. The fourth-order valence-corrected chi connectivity index (χ4v) is 4.68. The molecule has 0 fully saturated rings. The first-order chi connectivity index (χ1) is 11.6. The summed E-state index contributed by atoms with van der Waals surface area (Å²) >= 11 is 0. The molecule has 3 heterocycles. The highest BCUT2D eigenvalue weighted by atomic mass is 16.2. The molecular weight excluding hydrogens is 296 g/mol. The lowest BCUT2D eigenvalue weighted by molar-refractivity contribution is -0.137. The number of carbonyl (C=O) groups is 1. The third-order valence-electron chi connectivity index (χ3n) is 5.86. The van der Waals surface area contributed by atoms with Crippen molar-refractivity contribution in [2.45, 2.75) is 32.2 Å². The summed E-state index contributed by atoms with van der Waals surface area (Å²) < 4.78 is 0. The lowest BCUT2D eigenvalue weighted by atomic mass is 9.75. The highest BCUT2D eigenvalue weighted by molar-refractivity contribution is 5.89. The van der Waals surface area contributed by atoms with Gasteiger partial charge in [0, 0.05) is 23.1 Å². The van der Waals surface area contributed by atoms with Gasteiger partial charge in [-0.3, -0.25) is 4.79 Å². The molecule has 0 saturated heterocycles. The summed E-state index contributed by atoms with van der Waals surface area (Å²) in [5, 5.41) is 1.31. The summed E-state index contributed by atoms with van der Waals surface area (Å²) in [5.74, 6) is 0.233. The van der Waals surface area contributed by atoms with Crippen molar-refractivity contribution >= 4 is 16.8 Å². The number of benzene rings is 2. The molecule has 0 aliphatic carbocycles. The maximum Gasteiger partial charge on any atom is 0.228 e. The van der Waals surface area contributed by atoms with Gasteiger partial charge in [-0.2, -0.15) is 0 Å². The van der Waals surface area contributed by atoms with E-state index >= 15 is 0 Å². The van der Waals surface area contributed by atoms with Crippen LogP contribution in [0.25, 0.3) is 10.9 Å². The fraction of sp³-hybridized carbons (Fsp3) is 0.286. The minimum absolute atomic E-state index is 0.233. The molecule has 3 aromatic rings. The van der Waals surface area contributed by atoms with Gasteiger partial charge in [0.1, 0.15) is 5.54 Å². The molecule has 3 nitrogen and oxygen atoms in total. The van der Waals surface area contributed by atoms with E-state index in [9.17, 15) is 4.79 Å². The number of rotatable bonds is 0. The van der Waals surface area contributed by atoms with Crippen molar-refractivity contribution in [1.29, 1.82) is 0 Å². The Balaban J connectivity index is 1.86. The monoisotopic (exact) mass is 316 g/mol. The zero-order chi connectivity index (χ0) is 16.5. The van der Waals surface area contributed by atoms with Crippen molar-refractivity contribution < 1.29 is 4.79 Å². The first-order valence-corrected chi connectivity index (χ1v) is 8.59. The van der Waals surface area contributed by atoms with Gasteiger partial charge in [0.2, 0.25) is 5.91 Å². The van der Waals surface area contributed by atoms with E-state index in [1.807, 2.05) is 6.07 Å². The van der Waals surface area contributed by atoms with E-state index in [-0.39, 0.29) is 5.91 Å². The predicted molar refractivity (Wildman–Crippen MR) is 95.1 cm³/mol. The smallest absolute Gasteiger partial charge is 0.228 e. The number of nitrogens with one attached hydrogen (secondary N) is 1. The third-order valence-corrected chi connectivity index (χ3v) is 5.86. The molecule has 120 valence electrons. The van der Waals surface area contributed by atoms with Crippen molar-refractivity contribution in [3.63, 3.8) is 0 Å². The normalized spacial score (nSPS) is 22.2. The van der Waals surface area contributed by atoms with Crippen LogP contribution in [0.5, 0.6) is 0 Å². The number of nitrogens with zero attached hydrogens (tertiary/aromatic N) is 1. The highest BCUT2D eigenvalue weighted by Gasteiger charge is 2.48. The summed E-state index contributed by atoms with van der Waals surface area (Å²) in [6.07, 6.45) is 1.43. The number of hydrogen-bond acceptors (Lipinski definition) is 1. The van der Waals surface area contributed by atoms with Crippen LogP contribution in [0.4, 0.5) is 0 Å². The van der Waals surface area contributed by atoms with Crippen LogP contribution in [0, 0.1) is 6.92 Å². The van der Waals surface area contributed by atoms with E-state index < -0.39 is 5.54 Å². The SMILES string of the molecule is Cc1ccc2[nH]c3c(c2c1)CCN1C(=O)Cc2ccccc2C31C. The van der Waals surface area contributed by atoms with Gasteiger partial charge in [0.25, 0.3) is 0 Å². The average molecular weight is 316 g/mol. The molecule has 3 heteroatoms. The van der Waals surface area contributed by atoms with Gasteiger partial charge in [-0.1, -0.05) is 35.9 Å². The number of amides is 1. The van der Waals surface area contributed by atoms with E-state index in [1.165, 1.54) is 33.3 Å². The molecule has 1 N–H and O–H groups in total. The largest absolute Gasteiger partial charge is 0.356 e. The molecule has 1 atom stereocenters. The quantitative estimate of drug-likeness (QED) is 0.675. The van der Waals surface area contributed by atoms with Crippen molar-refractivity contribution in [2.75, 3.05) is 6.54 Å². The van der Waals surface area contributed by atoms with Crippen LogP contribution >= 0.6 is 0 Å². The van der Waals surface area contributed by atoms with Crippen LogP contribution < -0.4 is 0 Å². The maximum atomic E-state index is 12.8. The fourth-order valence-electron chi connectivity index (χ4n) is 4.68. The number of aromatic amines is 1. The van der Waals surface area contributed by atoms with Gasteiger partial charge in [-0.05, 0) is 49.1 Å². The Bertz CT molecular complexity index is 1000. The first-order valence-electron chi connectivity index (χ1n) is 8.59. The molecule has 1 unspecified atom stereocenters. The summed E-state index contributed by atoms with van der Waals surface area (Å²) in [6, 6.07) is 15.0. The molecule has 1 aromatic heterocycles. The minimum atomic E-state index is -0.396. The molecule has 0 radical (unpaired) electrons. The zero-order valence-electron chi connectivity index (χ0n) is 14.0. The number of hydrogen-bond donors (Lipinski definition) is 1. The molecule has 1 amide bonds. The van der Waals surface area contributed by atoms with E-state index in [2.05, 4.69) is 60.1 Å². The number of H-pyrrole nitrogens is 1. The molecule has 5 rings (SSSR count). The van der Waals surface area contributed by atoms with Crippen LogP contribution in [0.2, 0.25) is 0 Å². The molecule has 2 aliphatic heterocycles. The van der Waals surface area contributed by atoms with Crippen molar-refractivity contribution in [3.05, 3.63) is 70.4 Å². The molecule has 2 aliphatic rings. The van der Waals surface area contributed by atoms with E-state index in [0.717, 1.165) is 18.5 Å². The van der Waals surface area contributed by atoms with Crippen LogP contribution in [0.3, 0.4) is 0 Å². The van der Waals surface area contributed by atoms with Gasteiger partial charge in [0.15, 0.2) is 0 Å². The number of aromatic nitrogens is 1. The van der Waals surface area contributed by atoms with E-state index in [0.29, 0.717) is 6.42 Å². The number of carbonyl (C=O) groups excluding carboxylic acids is 1. The van der Waals surface area contributed by atoms with E-state index in [1.54, 1.807) is 0 Å². The van der Waals surface area contributed by atoms with Crippen LogP contribution in [0.15, 0.2) is 42.5 Å². The van der Waals surface area contributed by atoms with E-state index in [4.69, 9.17) is 0 Å². The minimum Gasteiger partial charge on any atom is -0.356 e. The second-order valence-corrected chi connectivity index (χ2v) is 7.23. The second-order valence-electron chi connectivity index (χ2n) is 7.23. The van der Waals surface area contributed by atoms with Crippen molar-refractivity contribution in [3.8, 4) is 0 Å². The van der Waals surface area contributed by atoms with Crippen molar-refractivity contribution in [1.82, 2.24) is 9.88 Å². The Morgan fingerprint density at radius 3 is 2.88 bits per heavy atom. The lowest BCUT2D eigenvalue weighted by Crippen LogP contribution is -2.55.